The number of fused-ring (bicyclic) bond motifs is 1. The van der Waals surface area contributed by atoms with Crippen molar-refractivity contribution in [3.8, 4) is 0 Å². The topological polar surface area (TPSA) is 14.1 Å². The van der Waals surface area contributed by atoms with Crippen LogP contribution in [0.3, 0.4) is 0 Å². The summed E-state index contributed by atoms with van der Waals surface area (Å²) in [4.78, 5) is 0. The molecule has 1 fully saturated rings. The van der Waals surface area contributed by atoms with Crippen molar-refractivity contribution in [2.75, 3.05) is 0 Å². The van der Waals surface area contributed by atoms with E-state index in [1.165, 1.54) is 43.2 Å². The van der Waals surface area contributed by atoms with Crippen molar-refractivity contribution in [1.29, 1.82) is 0 Å². The van der Waals surface area contributed by atoms with E-state index in [1.807, 2.05) is 0 Å². The molecule has 1 unspecified atom stereocenters. The van der Waals surface area contributed by atoms with Crippen LogP contribution in [0.4, 0.5) is 0 Å². The molecule has 120 valence electrons. The van der Waals surface area contributed by atoms with Gasteiger partial charge >= 0.3 is 41.9 Å². The van der Waals surface area contributed by atoms with Gasteiger partial charge in [0.05, 0.1) is 0 Å². The monoisotopic (exact) mass is 430 g/mol. The maximum Gasteiger partial charge on any atom is -1.00 e. The molecule has 0 heterocycles. The first-order valence-corrected chi connectivity index (χ1v) is 13.8. The number of hydrogen-bond acceptors (Lipinski definition) is 0. The summed E-state index contributed by atoms with van der Waals surface area (Å²) < 4.78 is 0. The average Bonchev–Trinajstić information content (AvgIpc) is 2.83. The van der Waals surface area contributed by atoms with Gasteiger partial charge in [-0.3, -0.25) is 0 Å². The third kappa shape index (κ3) is 7.45. The van der Waals surface area contributed by atoms with Gasteiger partial charge in [-0.05, 0) is 5.56 Å². The second-order valence-electron chi connectivity index (χ2n) is 5.87. The fourth-order valence-electron chi connectivity index (χ4n) is 2.82. The summed E-state index contributed by atoms with van der Waals surface area (Å²) in [5.41, 5.74) is 2.96. The van der Waals surface area contributed by atoms with Crippen molar-refractivity contribution < 1.29 is 48.1 Å². The molecule has 1 nitrogen and oxygen atoms in total. The number of hydrogen-bond donors (Lipinski definition) is 0. The van der Waals surface area contributed by atoms with Crippen LogP contribution in [0.1, 0.15) is 49.3 Å². The minimum atomic E-state index is 0. The molecule has 5 heteroatoms. The Morgan fingerprint density at radius 1 is 1.05 bits per heavy atom. The molecule has 22 heavy (non-hydrogen) atoms. The SMILES string of the molecule is C1=CC([N-]C2CCCCC2)c2ccccc21.C[Si](C)=[Zr+2].[Cl-].[Cl-]. The Bertz CT molecular complexity index is 483. The fourth-order valence-corrected chi connectivity index (χ4v) is 2.82. The predicted octanol–water partition coefficient (Wildman–Crippen LogP) is -0.747. The second kappa shape index (κ2) is 12.0. The maximum absolute atomic E-state index is 4.99. The summed E-state index contributed by atoms with van der Waals surface area (Å²) in [5.74, 6) is 0. The average molecular weight is 433 g/mol. The van der Waals surface area contributed by atoms with Gasteiger partial charge in [-0.25, -0.2) is 0 Å². The molecule has 2 aliphatic carbocycles. The second-order valence-corrected chi connectivity index (χ2v) is 15.2. The molecule has 0 saturated heterocycles. The molecule has 0 aliphatic heterocycles. The molecule has 3 rings (SSSR count). The van der Waals surface area contributed by atoms with E-state index in [-0.39, 0.29) is 30.2 Å². The standard InChI is InChI=1S/C15H18N.C2H6Si.2ClH.Zr/c1-2-7-13(8-3-1)16-15-11-10-12-6-4-5-9-14(12)15;1-3-2;;;/h4-6,9-11,13,15H,1-3,7-8H2;1-2H3;2*1H;/q-1;;;;+2/p-2. The zero-order valence-electron chi connectivity index (χ0n) is 13.4. The Kier molecular flexibility index (Phi) is 12.4. The summed E-state index contributed by atoms with van der Waals surface area (Å²) in [6.07, 6.45) is 11.2. The minimum Gasteiger partial charge on any atom is -1.00 e. The molecule has 1 aromatic rings. The quantitative estimate of drug-likeness (QED) is 0.547. The largest absolute Gasteiger partial charge is 1.00 e. The van der Waals surface area contributed by atoms with Gasteiger partial charge in [0.25, 0.3) is 0 Å². The molecule has 1 aromatic carbocycles. The first-order valence-electron chi connectivity index (χ1n) is 7.65. The van der Waals surface area contributed by atoms with E-state index in [9.17, 15) is 0 Å². The molecular formula is C17H24Cl2NSiZr-. The molecular weight excluding hydrogens is 408 g/mol. The number of nitrogens with zero attached hydrogens (tertiary/aromatic N) is 1. The van der Waals surface area contributed by atoms with Crippen LogP contribution in [0, 0.1) is 0 Å². The van der Waals surface area contributed by atoms with Gasteiger partial charge in [0, 0.05) is 0 Å². The first-order chi connectivity index (χ1) is 9.66. The van der Waals surface area contributed by atoms with Gasteiger partial charge < -0.3 is 30.1 Å². The van der Waals surface area contributed by atoms with Crippen molar-refractivity contribution in [1.82, 2.24) is 0 Å². The zero-order chi connectivity index (χ0) is 14.4. The van der Waals surface area contributed by atoms with Crippen LogP contribution in [-0.4, -0.2) is 11.5 Å². The van der Waals surface area contributed by atoms with Crippen LogP contribution in [0.15, 0.2) is 30.3 Å². The third-order valence-electron chi connectivity index (χ3n) is 3.72. The minimum absolute atomic E-state index is 0. The molecule has 0 radical (unpaired) electrons. The van der Waals surface area contributed by atoms with E-state index in [2.05, 4.69) is 49.5 Å². The summed E-state index contributed by atoms with van der Waals surface area (Å²) in [6.45, 7) is 4.62. The molecule has 0 aromatic heterocycles. The number of rotatable bonds is 2. The Morgan fingerprint density at radius 3 is 2.27 bits per heavy atom. The van der Waals surface area contributed by atoms with E-state index in [4.69, 9.17) is 5.32 Å². The molecule has 0 bridgehead atoms. The Morgan fingerprint density at radius 2 is 1.64 bits per heavy atom. The normalized spacial score (nSPS) is 19.2. The number of halogens is 2. The maximum atomic E-state index is 4.99. The van der Waals surface area contributed by atoms with Gasteiger partial charge in [0.2, 0.25) is 0 Å². The number of benzene rings is 1. The molecule has 0 amide bonds. The van der Waals surface area contributed by atoms with Crippen LogP contribution in [0.25, 0.3) is 11.4 Å². The summed E-state index contributed by atoms with van der Waals surface area (Å²) in [7, 11) is 0. The Balaban J connectivity index is 0.000000665. The van der Waals surface area contributed by atoms with Crippen molar-refractivity contribution in [2.24, 2.45) is 0 Å². The van der Waals surface area contributed by atoms with E-state index in [1.54, 1.807) is 23.3 Å². The van der Waals surface area contributed by atoms with Crippen LogP contribution in [0.2, 0.25) is 13.1 Å². The van der Waals surface area contributed by atoms with E-state index < -0.39 is 0 Å². The van der Waals surface area contributed by atoms with Crippen LogP contribution in [0.5, 0.6) is 0 Å². The molecule has 1 saturated carbocycles. The van der Waals surface area contributed by atoms with E-state index >= 15 is 0 Å². The van der Waals surface area contributed by atoms with Gasteiger partial charge in [0.15, 0.2) is 0 Å². The van der Waals surface area contributed by atoms with Crippen molar-refractivity contribution in [3.05, 3.63) is 46.8 Å². The first kappa shape index (κ1) is 22.6. The Hall–Kier alpha value is 0.600. The molecule has 1 atom stereocenters. The van der Waals surface area contributed by atoms with E-state index in [0.29, 0.717) is 12.1 Å². The third-order valence-corrected chi connectivity index (χ3v) is 3.72. The van der Waals surface area contributed by atoms with Crippen molar-refractivity contribution in [2.45, 2.75) is 57.3 Å². The summed E-state index contributed by atoms with van der Waals surface area (Å²) in [5, 5.41) is 4.99. The smallest absolute Gasteiger partial charge is 1.00 e. The van der Waals surface area contributed by atoms with E-state index in [0.717, 1.165) is 0 Å². The van der Waals surface area contributed by atoms with Crippen molar-refractivity contribution in [3.63, 3.8) is 0 Å². The van der Waals surface area contributed by atoms with Crippen molar-refractivity contribution >= 4 is 11.5 Å². The van der Waals surface area contributed by atoms with Gasteiger partial charge in [0.1, 0.15) is 0 Å². The van der Waals surface area contributed by atoms with Crippen LogP contribution < -0.4 is 24.8 Å². The summed E-state index contributed by atoms with van der Waals surface area (Å²) in [6, 6.07) is 9.56. The predicted molar refractivity (Wildman–Crippen MR) is 85.9 cm³/mol. The molecule has 0 spiro atoms. The van der Waals surface area contributed by atoms with Crippen LogP contribution >= 0.6 is 0 Å². The molecule has 0 N–H and O–H groups in total. The zero-order valence-corrected chi connectivity index (χ0v) is 18.3. The van der Waals surface area contributed by atoms with Gasteiger partial charge in [-0.2, -0.15) is 0 Å². The summed E-state index contributed by atoms with van der Waals surface area (Å²) >= 11 is 1.74. The molecule has 2 aliphatic rings. The van der Waals surface area contributed by atoms with Gasteiger partial charge in [-0.15, -0.1) is 6.04 Å². The Labute approximate surface area is 162 Å². The van der Waals surface area contributed by atoms with Gasteiger partial charge in [-0.1, -0.05) is 80.1 Å². The van der Waals surface area contributed by atoms with Crippen LogP contribution in [-0.2, 0) is 23.3 Å². The fraction of sp³-hybridized carbons (Fsp3) is 0.529.